The normalized spacial score (nSPS) is 12.3. The van der Waals surface area contributed by atoms with Gasteiger partial charge in [-0.2, -0.15) is 0 Å². The number of aromatic nitrogens is 2. The molecule has 1 aromatic heterocycles. The third-order valence-electron chi connectivity index (χ3n) is 5.01. The van der Waals surface area contributed by atoms with E-state index in [1.54, 1.807) is 10.6 Å². The highest BCUT2D eigenvalue weighted by Crippen LogP contribution is 2.27. The second-order valence-electron chi connectivity index (χ2n) is 7.81. The molecule has 0 saturated carbocycles. The van der Waals surface area contributed by atoms with Gasteiger partial charge in [0.25, 0.3) is 5.56 Å². The van der Waals surface area contributed by atoms with Crippen LogP contribution in [0, 0.1) is 0 Å². The van der Waals surface area contributed by atoms with Crippen molar-refractivity contribution in [3.05, 3.63) is 64.4 Å². The lowest BCUT2D eigenvalue weighted by atomic mass is 10.0. The Kier molecular flexibility index (Phi) is 7.32. The average molecular weight is 424 g/mol. The lowest BCUT2D eigenvalue weighted by molar-refractivity contribution is -0.119. The summed E-state index contributed by atoms with van der Waals surface area (Å²) in [6, 6.07) is 15.4. The molecule has 0 aliphatic rings. The largest absolute Gasteiger partial charge is 0.353 e. The van der Waals surface area contributed by atoms with Gasteiger partial charge in [-0.05, 0) is 43.0 Å². The maximum absolute atomic E-state index is 13.4. The summed E-state index contributed by atoms with van der Waals surface area (Å²) in [6.45, 7) is 8.32. The van der Waals surface area contributed by atoms with E-state index >= 15 is 0 Å². The van der Waals surface area contributed by atoms with E-state index in [4.69, 9.17) is 4.98 Å². The van der Waals surface area contributed by atoms with E-state index in [1.165, 1.54) is 11.8 Å². The molecule has 0 aliphatic heterocycles. The molecule has 1 N–H and O–H groups in total. The second-order valence-corrected chi connectivity index (χ2v) is 8.75. The Morgan fingerprint density at radius 1 is 1.10 bits per heavy atom. The molecule has 2 aromatic carbocycles. The lowest BCUT2D eigenvalue weighted by Crippen LogP contribution is -2.34. The summed E-state index contributed by atoms with van der Waals surface area (Å²) in [5.74, 6) is 0.408. The molecule has 1 amide bonds. The summed E-state index contributed by atoms with van der Waals surface area (Å²) < 4.78 is 1.66. The number of rotatable bonds is 8. The van der Waals surface area contributed by atoms with Gasteiger partial charge in [0.1, 0.15) is 0 Å². The van der Waals surface area contributed by atoms with Crippen LogP contribution in [-0.2, 0) is 4.79 Å². The predicted octanol–water partition coefficient (Wildman–Crippen LogP) is 4.91. The van der Waals surface area contributed by atoms with E-state index in [1.807, 2.05) is 49.4 Å². The number of para-hydroxylation sites is 2. The summed E-state index contributed by atoms with van der Waals surface area (Å²) in [4.78, 5) is 30.6. The fourth-order valence-electron chi connectivity index (χ4n) is 3.55. The number of thioether (sulfide) groups is 1. The number of carbonyl (C=O) groups is 1. The van der Waals surface area contributed by atoms with Crippen molar-refractivity contribution in [2.24, 2.45) is 0 Å². The Balaban J connectivity index is 2.04. The van der Waals surface area contributed by atoms with Gasteiger partial charge in [0, 0.05) is 6.04 Å². The van der Waals surface area contributed by atoms with Gasteiger partial charge in [-0.1, -0.05) is 69.3 Å². The smallest absolute Gasteiger partial charge is 0.266 e. The Bertz CT molecular complexity index is 1090. The van der Waals surface area contributed by atoms with Gasteiger partial charge in [-0.15, -0.1) is 0 Å². The second kappa shape index (κ2) is 9.94. The maximum atomic E-state index is 13.4. The van der Waals surface area contributed by atoms with Crippen molar-refractivity contribution < 1.29 is 4.79 Å². The fraction of sp³-hybridized carbons (Fsp3) is 0.375. The van der Waals surface area contributed by atoms with Crippen LogP contribution in [0.5, 0.6) is 0 Å². The molecule has 5 nitrogen and oxygen atoms in total. The number of nitrogens with zero attached hydrogens (tertiary/aromatic N) is 2. The molecule has 0 radical (unpaired) electrons. The summed E-state index contributed by atoms with van der Waals surface area (Å²) in [7, 11) is 0. The zero-order chi connectivity index (χ0) is 21.7. The number of nitrogens with one attached hydrogen (secondary N) is 1. The van der Waals surface area contributed by atoms with E-state index in [9.17, 15) is 9.59 Å². The molecule has 30 heavy (non-hydrogen) atoms. The minimum Gasteiger partial charge on any atom is -0.353 e. The van der Waals surface area contributed by atoms with Gasteiger partial charge in [0.05, 0.1) is 22.3 Å². The highest BCUT2D eigenvalue weighted by molar-refractivity contribution is 7.99. The average Bonchev–Trinajstić information content (AvgIpc) is 2.72. The molecular weight excluding hydrogens is 394 g/mol. The van der Waals surface area contributed by atoms with Crippen molar-refractivity contribution >= 4 is 28.6 Å². The van der Waals surface area contributed by atoms with Gasteiger partial charge in [0.15, 0.2) is 5.16 Å². The number of hydrogen-bond acceptors (Lipinski definition) is 4. The monoisotopic (exact) mass is 423 g/mol. The molecule has 0 fully saturated rings. The van der Waals surface area contributed by atoms with Crippen molar-refractivity contribution in [2.45, 2.75) is 57.7 Å². The summed E-state index contributed by atoms with van der Waals surface area (Å²) >= 11 is 1.30. The first-order valence-electron chi connectivity index (χ1n) is 10.5. The Labute approximate surface area is 181 Å². The van der Waals surface area contributed by atoms with Crippen LogP contribution in [0.25, 0.3) is 16.6 Å². The van der Waals surface area contributed by atoms with Gasteiger partial charge in [-0.25, -0.2) is 4.98 Å². The Morgan fingerprint density at radius 2 is 1.80 bits per heavy atom. The first-order valence-corrected chi connectivity index (χ1v) is 11.4. The molecule has 0 spiro atoms. The van der Waals surface area contributed by atoms with Crippen LogP contribution in [0.3, 0.4) is 0 Å². The Morgan fingerprint density at radius 3 is 2.53 bits per heavy atom. The van der Waals surface area contributed by atoms with Crippen molar-refractivity contribution in [2.75, 3.05) is 5.75 Å². The summed E-state index contributed by atoms with van der Waals surface area (Å²) in [5.41, 5.74) is 2.41. The van der Waals surface area contributed by atoms with Crippen LogP contribution >= 0.6 is 11.8 Å². The van der Waals surface area contributed by atoms with Crippen LogP contribution in [-0.4, -0.2) is 27.3 Å². The fourth-order valence-corrected chi connectivity index (χ4v) is 4.37. The molecule has 1 atom stereocenters. The lowest BCUT2D eigenvalue weighted by Gasteiger charge is -2.18. The van der Waals surface area contributed by atoms with Crippen molar-refractivity contribution in [3.8, 4) is 5.69 Å². The van der Waals surface area contributed by atoms with Crippen molar-refractivity contribution in [1.82, 2.24) is 14.9 Å². The van der Waals surface area contributed by atoms with Gasteiger partial charge >= 0.3 is 0 Å². The topological polar surface area (TPSA) is 64.0 Å². The molecule has 0 aliphatic carbocycles. The molecular formula is C24H29N3O2S. The third-order valence-corrected chi connectivity index (χ3v) is 5.94. The molecule has 1 heterocycles. The van der Waals surface area contributed by atoms with Crippen LogP contribution in [0.2, 0.25) is 0 Å². The van der Waals surface area contributed by atoms with Crippen LogP contribution < -0.4 is 10.9 Å². The Hall–Kier alpha value is -2.60. The van der Waals surface area contributed by atoms with E-state index in [2.05, 4.69) is 26.1 Å². The van der Waals surface area contributed by atoms with E-state index in [0.29, 0.717) is 16.1 Å². The number of hydrogen-bond donors (Lipinski definition) is 1. The van der Waals surface area contributed by atoms with E-state index in [0.717, 1.165) is 24.1 Å². The highest BCUT2D eigenvalue weighted by Gasteiger charge is 2.18. The minimum absolute atomic E-state index is 0.0490. The number of fused-ring (bicyclic) bond motifs is 1. The standard InChI is InChI=1S/C24H29N3O2S/c1-5-10-17(4)25-22(28)15-30-24-26-20-13-8-6-12-19(20)23(29)27(24)21-14-9-7-11-18(21)16(2)3/h6-9,11-14,16-17H,5,10,15H2,1-4H3,(H,25,28). The first kappa shape index (κ1) is 22.1. The van der Waals surface area contributed by atoms with Crippen LogP contribution in [0.1, 0.15) is 52.0 Å². The SMILES string of the molecule is CCCC(C)NC(=O)CSc1nc2ccccc2c(=O)n1-c1ccccc1C(C)C. The van der Waals surface area contributed by atoms with Crippen molar-refractivity contribution in [1.29, 1.82) is 0 Å². The van der Waals surface area contributed by atoms with Crippen LogP contribution in [0.15, 0.2) is 58.5 Å². The van der Waals surface area contributed by atoms with E-state index < -0.39 is 0 Å². The molecule has 3 rings (SSSR count). The van der Waals surface area contributed by atoms with Gasteiger partial charge < -0.3 is 5.32 Å². The number of amides is 1. The molecule has 1 unspecified atom stereocenters. The predicted molar refractivity (Wildman–Crippen MR) is 125 cm³/mol. The highest BCUT2D eigenvalue weighted by atomic mass is 32.2. The molecule has 158 valence electrons. The van der Waals surface area contributed by atoms with Gasteiger partial charge in [0.2, 0.25) is 5.91 Å². The summed E-state index contributed by atoms with van der Waals surface area (Å²) in [5, 5.41) is 4.12. The first-order chi connectivity index (χ1) is 14.4. The zero-order valence-electron chi connectivity index (χ0n) is 18.0. The molecule has 3 aromatic rings. The van der Waals surface area contributed by atoms with Crippen molar-refractivity contribution in [3.63, 3.8) is 0 Å². The number of benzene rings is 2. The quantitative estimate of drug-likeness (QED) is 0.413. The minimum atomic E-state index is -0.115. The van der Waals surface area contributed by atoms with E-state index in [-0.39, 0.29) is 29.2 Å². The third kappa shape index (κ3) is 4.93. The van der Waals surface area contributed by atoms with Gasteiger partial charge in [-0.3, -0.25) is 14.2 Å². The maximum Gasteiger partial charge on any atom is 0.266 e. The molecule has 6 heteroatoms. The molecule has 0 bridgehead atoms. The molecule has 0 saturated heterocycles. The van der Waals surface area contributed by atoms with Crippen LogP contribution in [0.4, 0.5) is 0 Å². The zero-order valence-corrected chi connectivity index (χ0v) is 18.8. The number of carbonyl (C=O) groups excluding carboxylic acids is 1. The summed E-state index contributed by atoms with van der Waals surface area (Å²) in [6.07, 6.45) is 1.96.